The van der Waals surface area contributed by atoms with Crippen LogP contribution >= 0.6 is 0 Å². The van der Waals surface area contributed by atoms with Crippen LogP contribution < -0.4 is 0 Å². The largest absolute Gasteiger partial charge is 0.355 e. The lowest BCUT2D eigenvalue weighted by Gasteiger charge is -1.98. The third kappa shape index (κ3) is 1.27. The van der Waals surface area contributed by atoms with Crippen molar-refractivity contribution >= 4 is 21.8 Å². The number of hydrogen-bond acceptors (Lipinski definition) is 1. The minimum Gasteiger partial charge on any atom is -0.355 e. The number of H-pyrrole nitrogens is 2. The van der Waals surface area contributed by atoms with E-state index in [1.54, 1.807) is 0 Å². The molecule has 0 aliphatic heterocycles. The number of nitrogens with zero attached hydrogens (tertiary/aromatic N) is 1. The van der Waals surface area contributed by atoms with Crippen molar-refractivity contribution in [1.29, 1.82) is 0 Å². The van der Waals surface area contributed by atoms with Gasteiger partial charge < -0.3 is 4.98 Å². The normalized spacial score (nSPS) is 11.3. The summed E-state index contributed by atoms with van der Waals surface area (Å²) >= 11 is 0. The Hall–Kier alpha value is -2.55. The van der Waals surface area contributed by atoms with Gasteiger partial charge in [-0.15, -0.1) is 0 Å². The standard InChI is InChI=1S/C15H10N3/c1-2-6-13-10(4-1)8-15(17-13)11-5-3-7-14-12(11)9-16-18-14/h1-8,17H,(H,16,18). The van der Waals surface area contributed by atoms with E-state index in [2.05, 4.69) is 45.6 Å². The number of para-hydroxylation sites is 1. The number of nitrogens with one attached hydrogen (secondary N) is 2. The molecule has 1 radical (unpaired) electrons. The van der Waals surface area contributed by atoms with Crippen molar-refractivity contribution in [3.63, 3.8) is 0 Å². The molecular formula is C15H10N3. The molecule has 0 amide bonds. The Morgan fingerprint density at radius 3 is 2.78 bits per heavy atom. The Bertz CT molecular complexity index is 806. The molecule has 2 aromatic carbocycles. The molecule has 18 heavy (non-hydrogen) atoms. The monoisotopic (exact) mass is 232 g/mol. The number of hydrogen-bond donors (Lipinski definition) is 2. The minimum absolute atomic E-state index is 1.01. The van der Waals surface area contributed by atoms with Gasteiger partial charge in [0.1, 0.15) is 6.20 Å². The number of aromatic nitrogens is 3. The molecule has 85 valence electrons. The highest BCUT2D eigenvalue weighted by atomic mass is 15.1. The Kier molecular flexibility index (Phi) is 1.83. The molecular weight excluding hydrogens is 222 g/mol. The Morgan fingerprint density at radius 2 is 1.83 bits per heavy atom. The van der Waals surface area contributed by atoms with Crippen molar-refractivity contribution < 1.29 is 0 Å². The molecule has 0 spiro atoms. The lowest BCUT2D eigenvalue weighted by Crippen LogP contribution is -1.78. The van der Waals surface area contributed by atoms with E-state index in [0.717, 1.165) is 27.7 Å². The van der Waals surface area contributed by atoms with Crippen molar-refractivity contribution in [2.24, 2.45) is 0 Å². The molecule has 0 saturated carbocycles. The van der Waals surface area contributed by atoms with Crippen molar-refractivity contribution in [3.05, 3.63) is 54.7 Å². The average molecular weight is 232 g/mol. The smallest absolute Gasteiger partial charge is 0.122 e. The van der Waals surface area contributed by atoms with Gasteiger partial charge in [-0.1, -0.05) is 30.3 Å². The van der Waals surface area contributed by atoms with Crippen LogP contribution in [-0.4, -0.2) is 15.2 Å². The van der Waals surface area contributed by atoms with Gasteiger partial charge in [0.25, 0.3) is 0 Å². The van der Waals surface area contributed by atoms with E-state index in [-0.39, 0.29) is 0 Å². The third-order valence-electron chi connectivity index (χ3n) is 3.23. The molecule has 0 bridgehead atoms. The zero-order valence-corrected chi connectivity index (χ0v) is 9.57. The van der Waals surface area contributed by atoms with Crippen LogP contribution in [0.2, 0.25) is 0 Å². The van der Waals surface area contributed by atoms with E-state index >= 15 is 0 Å². The average Bonchev–Trinajstić information content (AvgIpc) is 3.04. The van der Waals surface area contributed by atoms with Crippen LogP contribution in [0.25, 0.3) is 33.1 Å². The van der Waals surface area contributed by atoms with E-state index < -0.39 is 0 Å². The molecule has 0 atom stereocenters. The number of fused-ring (bicyclic) bond motifs is 2. The second kappa shape index (κ2) is 3.47. The Labute approximate surface area is 103 Å². The van der Waals surface area contributed by atoms with E-state index in [1.807, 2.05) is 24.3 Å². The van der Waals surface area contributed by atoms with Gasteiger partial charge in [-0.2, -0.15) is 5.10 Å². The Morgan fingerprint density at radius 1 is 0.944 bits per heavy atom. The maximum absolute atomic E-state index is 3.98. The van der Waals surface area contributed by atoms with Gasteiger partial charge in [0.05, 0.1) is 5.52 Å². The molecule has 2 N–H and O–H groups in total. The third-order valence-corrected chi connectivity index (χ3v) is 3.23. The minimum atomic E-state index is 1.01. The quantitative estimate of drug-likeness (QED) is 0.518. The second-order valence-corrected chi connectivity index (χ2v) is 4.33. The first-order chi connectivity index (χ1) is 8.92. The summed E-state index contributed by atoms with van der Waals surface area (Å²) in [6.45, 7) is 0. The van der Waals surface area contributed by atoms with Crippen LogP contribution in [0.3, 0.4) is 0 Å². The number of aromatic amines is 2. The highest BCUT2D eigenvalue weighted by Gasteiger charge is 2.08. The van der Waals surface area contributed by atoms with Crippen LogP contribution in [-0.2, 0) is 0 Å². The molecule has 3 heteroatoms. The number of rotatable bonds is 1. The summed E-state index contributed by atoms with van der Waals surface area (Å²) in [5.41, 5.74) is 4.37. The zero-order chi connectivity index (χ0) is 11.9. The lowest BCUT2D eigenvalue weighted by atomic mass is 10.1. The van der Waals surface area contributed by atoms with Gasteiger partial charge in [-0.05, 0) is 18.2 Å². The van der Waals surface area contributed by atoms with Crippen LogP contribution in [0.15, 0.2) is 48.5 Å². The first kappa shape index (κ1) is 9.48. The van der Waals surface area contributed by atoms with Crippen LogP contribution in [0.5, 0.6) is 0 Å². The predicted octanol–water partition coefficient (Wildman–Crippen LogP) is 3.51. The van der Waals surface area contributed by atoms with E-state index in [9.17, 15) is 0 Å². The van der Waals surface area contributed by atoms with Crippen molar-refractivity contribution in [3.8, 4) is 11.3 Å². The van der Waals surface area contributed by atoms with Gasteiger partial charge in [0.15, 0.2) is 0 Å². The fourth-order valence-corrected chi connectivity index (χ4v) is 2.35. The van der Waals surface area contributed by atoms with Gasteiger partial charge >= 0.3 is 0 Å². The summed E-state index contributed by atoms with van der Waals surface area (Å²) in [7, 11) is 0. The molecule has 0 unspecified atom stereocenters. The summed E-state index contributed by atoms with van der Waals surface area (Å²) in [4.78, 5) is 3.43. The highest BCUT2D eigenvalue weighted by Crippen LogP contribution is 2.29. The molecule has 4 rings (SSSR count). The summed E-state index contributed by atoms with van der Waals surface area (Å²) in [5.74, 6) is 0. The SMILES string of the molecule is [c]1n[nH]c2cccc(-c3cc4ccccc4[nH]3)c12. The topological polar surface area (TPSA) is 44.5 Å². The number of benzene rings is 2. The van der Waals surface area contributed by atoms with E-state index in [4.69, 9.17) is 0 Å². The lowest BCUT2D eigenvalue weighted by molar-refractivity contribution is 1.11. The van der Waals surface area contributed by atoms with E-state index in [1.165, 1.54) is 5.39 Å². The summed E-state index contributed by atoms with van der Waals surface area (Å²) < 4.78 is 0. The van der Waals surface area contributed by atoms with Gasteiger partial charge in [0, 0.05) is 27.5 Å². The molecule has 0 saturated heterocycles. The Balaban J connectivity index is 2.04. The van der Waals surface area contributed by atoms with Crippen molar-refractivity contribution in [2.45, 2.75) is 0 Å². The second-order valence-electron chi connectivity index (χ2n) is 4.33. The summed E-state index contributed by atoms with van der Waals surface area (Å²) in [6.07, 6.45) is 3.01. The van der Waals surface area contributed by atoms with E-state index in [0.29, 0.717) is 0 Å². The van der Waals surface area contributed by atoms with Crippen LogP contribution in [0.1, 0.15) is 0 Å². The first-order valence-corrected chi connectivity index (χ1v) is 5.85. The molecule has 4 aromatic rings. The maximum atomic E-state index is 3.98. The fraction of sp³-hybridized carbons (Fsp3) is 0. The highest BCUT2D eigenvalue weighted by molar-refractivity contribution is 5.96. The van der Waals surface area contributed by atoms with Crippen LogP contribution in [0, 0.1) is 6.20 Å². The van der Waals surface area contributed by atoms with Gasteiger partial charge in [0.2, 0.25) is 0 Å². The zero-order valence-electron chi connectivity index (χ0n) is 9.57. The molecule has 0 fully saturated rings. The first-order valence-electron chi connectivity index (χ1n) is 5.85. The van der Waals surface area contributed by atoms with Gasteiger partial charge in [-0.3, -0.25) is 5.10 Å². The molecule has 2 aromatic heterocycles. The summed E-state index contributed by atoms with van der Waals surface area (Å²) in [6, 6.07) is 16.5. The molecule has 3 nitrogen and oxygen atoms in total. The molecule has 0 aliphatic rings. The predicted molar refractivity (Wildman–Crippen MR) is 72.2 cm³/mol. The van der Waals surface area contributed by atoms with Crippen molar-refractivity contribution in [2.75, 3.05) is 0 Å². The maximum Gasteiger partial charge on any atom is 0.122 e. The fourth-order valence-electron chi connectivity index (χ4n) is 2.35. The molecule has 2 heterocycles. The van der Waals surface area contributed by atoms with Gasteiger partial charge in [-0.25, -0.2) is 0 Å². The molecule has 0 aliphatic carbocycles. The van der Waals surface area contributed by atoms with Crippen molar-refractivity contribution in [1.82, 2.24) is 15.2 Å². The summed E-state index contributed by atoms with van der Waals surface area (Å²) in [5, 5.41) is 9.15. The van der Waals surface area contributed by atoms with Crippen LogP contribution in [0.4, 0.5) is 0 Å².